The monoisotopic (exact) mass is 479 g/mol. The zero-order valence-corrected chi connectivity index (χ0v) is 17.4. The molecule has 0 radical (unpaired) electrons. The van der Waals surface area contributed by atoms with E-state index in [9.17, 15) is 39.9 Å². The molecule has 1 N–H and O–H groups in total. The van der Waals surface area contributed by atoms with E-state index in [4.69, 9.17) is 4.74 Å². The van der Waals surface area contributed by atoms with Gasteiger partial charge in [0.05, 0.1) is 32.6 Å². The Balaban J connectivity index is 1.76. The standard InChI is InChI=1S/C21H13N5O9/c27-20(13-5-7-16(8-6-13)24(29)30)23-22-12-14-3-1-2-4-19(14)35-21(28)15-9-17(25(31)32)11-18(10-15)26(33)34/h1-12H,(H,23,27)/b22-12+. The van der Waals surface area contributed by atoms with Gasteiger partial charge >= 0.3 is 5.97 Å². The molecule has 0 spiro atoms. The van der Waals surface area contributed by atoms with E-state index in [1.165, 1.54) is 30.3 Å². The van der Waals surface area contributed by atoms with E-state index in [2.05, 4.69) is 10.5 Å². The summed E-state index contributed by atoms with van der Waals surface area (Å²) in [6.45, 7) is 0. The highest BCUT2D eigenvalue weighted by Crippen LogP contribution is 2.25. The lowest BCUT2D eigenvalue weighted by molar-refractivity contribution is -0.394. The van der Waals surface area contributed by atoms with Crippen LogP contribution < -0.4 is 10.2 Å². The molecular weight excluding hydrogens is 466 g/mol. The second-order valence-electron chi connectivity index (χ2n) is 6.68. The second kappa shape index (κ2) is 10.4. The first-order valence-electron chi connectivity index (χ1n) is 9.48. The zero-order chi connectivity index (χ0) is 25.5. The number of nitro benzene ring substituents is 3. The van der Waals surface area contributed by atoms with Crippen LogP contribution in [0.3, 0.4) is 0 Å². The first-order chi connectivity index (χ1) is 16.7. The van der Waals surface area contributed by atoms with Crippen molar-refractivity contribution in [3.05, 3.63) is 114 Å². The maximum atomic E-state index is 12.5. The average molecular weight is 479 g/mol. The van der Waals surface area contributed by atoms with Crippen molar-refractivity contribution in [2.24, 2.45) is 5.10 Å². The van der Waals surface area contributed by atoms with E-state index >= 15 is 0 Å². The number of hydrogen-bond donors (Lipinski definition) is 1. The maximum Gasteiger partial charge on any atom is 0.344 e. The van der Waals surface area contributed by atoms with Crippen molar-refractivity contribution in [1.82, 2.24) is 5.43 Å². The molecule has 3 rings (SSSR count). The van der Waals surface area contributed by atoms with Gasteiger partial charge in [0.1, 0.15) is 5.75 Å². The highest BCUT2D eigenvalue weighted by Gasteiger charge is 2.21. The van der Waals surface area contributed by atoms with E-state index in [0.717, 1.165) is 30.5 Å². The molecule has 3 aromatic carbocycles. The van der Waals surface area contributed by atoms with E-state index < -0.39 is 43.6 Å². The molecule has 3 aromatic rings. The largest absolute Gasteiger partial charge is 0.422 e. The summed E-state index contributed by atoms with van der Waals surface area (Å²) in [5.74, 6) is -1.79. The molecule has 0 aliphatic rings. The number of rotatable bonds is 8. The smallest absolute Gasteiger partial charge is 0.344 e. The number of esters is 1. The predicted molar refractivity (Wildman–Crippen MR) is 119 cm³/mol. The third-order valence-electron chi connectivity index (χ3n) is 4.39. The number of benzene rings is 3. The Morgan fingerprint density at radius 1 is 0.771 bits per heavy atom. The minimum Gasteiger partial charge on any atom is -0.422 e. The molecule has 14 heteroatoms. The molecular formula is C21H13N5O9. The lowest BCUT2D eigenvalue weighted by Gasteiger charge is -2.07. The molecule has 0 atom stereocenters. The molecule has 0 bridgehead atoms. The molecule has 0 aliphatic carbocycles. The van der Waals surface area contributed by atoms with Crippen LogP contribution in [0, 0.1) is 30.3 Å². The highest BCUT2D eigenvalue weighted by atomic mass is 16.6. The van der Waals surface area contributed by atoms with Crippen molar-refractivity contribution >= 4 is 35.2 Å². The van der Waals surface area contributed by atoms with Crippen LogP contribution >= 0.6 is 0 Å². The van der Waals surface area contributed by atoms with Crippen LogP contribution in [-0.2, 0) is 0 Å². The van der Waals surface area contributed by atoms with Gasteiger partial charge in [0.15, 0.2) is 0 Å². The molecule has 176 valence electrons. The Morgan fingerprint density at radius 2 is 1.34 bits per heavy atom. The van der Waals surface area contributed by atoms with E-state index in [0.29, 0.717) is 6.07 Å². The van der Waals surface area contributed by atoms with Gasteiger partial charge in [-0.25, -0.2) is 10.2 Å². The van der Waals surface area contributed by atoms with E-state index in [-0.39, 0.29) is 22.6 Å². The summed E-state index contributed by atoms with van der Waals surface area (Å²) in [5.41, 5.74) is 0.643. The highest BCUT2D eigenvalue weighted by molar-refractivity contribution is 5.96. The van der Waals surface area contributed by atoms with Crippen LogP contribution in [0.25, 0.3) is 0 Å². The quantitative estimate of drug-likeness (QED) is 0.165. The van der Waals surface area contributed by atoms with Gasteiger partial charge in [-0.05, 0) is 24.3 Å². The number of nitrogens with one attached hydrogen (secondary N) is 1. The topological polar surface area (TPSA) is 197 Å². The molecule has 0 fully saturated rings. The van der Waals surface area contributed by atoms with Gasteiger partial charge in [0, 0.05) is 35.4 Å². The Kier molecular flexibility index (Phi) is 7.16. The fourth-order valence-corrected chi connectivity index (χ4v) is 2.72. The molecule has 0 heterocycles. The summed E-state index contributed by atoms with van der Waals surface area (Å²) in [5, 5.41) is 36.5. The first-order valence-corrected chi connectivity index (χ1v) is 9.48. The Morgan fingerprint density at radius 3 is 1.91 bits per heavy atom. The van der Waals surface area contributed by atoms with Crippen LogP contribution in [0.4, 0.5) is 17.1 Å². The number of hydrazone groups is 1. The number of nitro groups is 3. The number of ether oxygens (including phenoxy) is 1. The van der Waals surface area contributed by atoms with Crippen molar-refractivity contribution in [1.29, 1.82) is 0 Å². The van der Waals surface area contributed by atoms with Crippen LogP contribution in [0.15, 0.2) is 71.8 Å². The number of carbonyl (C=O) groups excluding carboxylic acids is 2. The lowest BCUT2D eigenvalue weighted by Crippen LogP contribution is -2.17. The van der Waals surface area contributed by atoms with E-state index in [1.807, 2.05) is 0 Å². The summed E-state index contributed by atoms with van der Waals surface area (Å²) < 4.78 is 5.23. The van der Waals surface area contributed by atoms with Crippen LogP contribution in [0.5, 0.6) is 5.75 Å². The van der Waals surface area contributed by atoms with Crippen molar-refractivity contribution in [3.8, 4) is 5.75 Å². The fourth-order valence-electron chi connectivity index (χ4n) is 2.72. The summed E-state index contributed by atoms with van der Waals surface area (Å²) in [4.78, 5) is 55.1. The van der Waals surface area contributed by atoms with E-state index in [1.54, 1.807) is 6.07 Å². The number of non-ortho nitro benzene ring substituents is 3. The number of carbonyl (C=O) groups is 2. The fraction of sp³-hybridized carbons (Fsp3) is 0. The minimum absolute atomic E-state index is 0.0417. The molecule has 0 saturated carbocycles. The van der Waals surface area contributed by atoms with Gasteiger partial charge in [-0.1, -0.05) is 12.1 Å². The third kappa shape index (κ3) is 6.04. The van der Waals surface area contributed by atoms with Crippen molar-refractivity contribution in [3.63, 3.8) is 0 Å². The SMILES string of the molecule is O=C(N/N=C/c1ccccc1OC(=O)c1cc([N+](=O)[O-])cc([N+](=O)[O-])c1)c1ccc([N+](=O)[O-])cc1. The number of para-hydroxylation sites is 1. The maximum absolute atomic E-state index is 12.5. The zero-order valence-electron chi connectivity index (χ0n) is 17.4. The Bertz CT molecular complexity index is 1340. The molecule has 0 aromatic heterocycles. The number of amides is 1. The summed E-state index contributed by atoms with van der Waals surface area (Å²) in [7, 11) is 0. The average Bonchev–Trinajstić information content (AvgIpc) is 2.84. The van der Waals surface area contributed by atoms with Gasteiger partial charge in [-0.15, -0.1) is 0 Å². The van der Waals surface area contributed by atoms with Crippen LogP contribution in [-0.4, -0.2) is 32.9 Å². The number of hydrogen-bond acceptors (Lipinski definition) is 10. The van der Waals surface area contributed by atoms with Gasteiger partial charge in [0.25, 0.3) is 23.0 Å². The number of nitrogens with zero attached hydrogens (tertiary/aromatic N) is 4. The van der Waals surface area contributed by atoms with Crippen LogP contribution in [0.1, 0.15) is 26.3 Å². The molecule has 35 heavy (non-hydrogen) atoms. The Labute approximate surface area is 194 Å². The Hall–Kier alpha value is -5.53. The molecule has 0 aliphatic heterocycles. The molecule has 14 nitrogen and oxygen atoms in total. The summed E-state index contributed by atoms with van der Waals surface area (Å²) in [6, 6.07) is 13.2. The van der Waals surface area contributed by atoms with Gasteiger partial charge in [0.2, 0.25) is 0 Å². The minimum atomic E-state index is -1.09. The molecule has 1 amide bonds. The van der Waals surface area contributed by atoms with Crippen molar-refractivity contribution in [2.45, 2.75) is 0 Å². The van der Waals surface area contributed by atoms with Gasteiger partial charge in [-0.2, -0.15) is 5.10 Å². The summed E-state index contributed by atoms with van der Waals surface area (Å²) in [6.07, 6.45) is 1.15. The normalized spacial score (nSPS) is 10.5. The first kappa shape index (κ1) is 24.1. The molecule has 0 unspecified atom stereocenters. The van der Waals surface area contributed by atoms with Crippen LogP contribution in [0.2, 0.25) is 0 Å². The lowest BCUT2D eigenvalue weighted by atomic mass is 10.1. The molecule has 0 saturated heterocycles. The van der Waals surface area contributed by atoms with Crippen molar-refractivity contribution < 1.29 is 29.1 Å². The second-order valence-corrected chi connectivity index (χ2v) is 6.68. The third-order valence-corrected chi connectivity index (χ3v) is 4.39. The van der Waals surface area contributed by atoms with Gasteiger partial charge < -0.3 is 4.74 Å². The summed E-state index contributed by atoms with van der Waals surface area (Å²) >= 11 is 0. The predicted octanol–water partition coefficient (Wildman–Crippen LogP) is 3.39. The van der Waals surface area contributed by atoms with Gasteiger partial charge in [-0.3, -0.25) is 35.1 Å². The van der Waals surface area contributed by atoms with Crippen molar-refractivity contribution in [2.75, 3.05) is 0 Å².